The maximum absolute atomic E-state index is 12.7. The predicted molar refractivity (Wildman–Crippen MR) is 96.6 cm³/mol. The number of nitro groups is 1. The smallest absolute Gasteiger partial charge is 0.294 e. The van der Waals surface area contributed by atoms with Crippen LogP contribution in [0.2, 0.25) is 5.02 Å². The largest absolute Gasteiger partial charge is 0.496 e. The molecule has 3 rings (SSSR count). The highest BCUT2D eigenvalue weighted by Gasteiger charge is 2.19. The fourth-order valence-electron chi connectivity index (χ4n) is 2.52. The molecule has 3 aromatic rings. The summed E-state index contributed by atoms with van der Waals surface area (Å²) in [5, 5.41) is 15.7. The second-order valence-electron chi connectivity index (χ2n) is 5.27. The number of halogens is 1. The first-order chi connectivity index (χ1) is 12.0. The lowest BCUT2D eigenvalue weighted by Crippen LogP contribution is -2.14. The number of carbonyl (C=O) groups excluding carboxylic acids is 1. The summed E-state index contributed by atoms with van der Waals surface area (Å²) in [5.41, 5.74) is 0.0701. The second-order valence-corrected chi connectivity index (χ2v) is 5.71. The van der Waals surface area contributed by atoms with Gasteiger partial charge in [-0.2, -0.15) is 0 Å². The Morgan fingerprint density at radius 1 is 1.12 bits per heavy atom. The number of nitrogens with zero attached hydrogens (tertiary/aromatic N) is 1. The molecule has 126 valence electrons. The Labute approximate surface area is 148 Å². The first-order valence-corrected chi connectivity index (χ1v) is 7.69. The average molecular weight is 357 g/mol. The minimum absolute atomic E-state index is 0.0645. The van der Waals surface area contributed by atoms with Crippen LogP contribution in [0.1, 0.15) is 10.4 Å². The zero-order valence-electron chi connectivity index (χ0n) is 13.2. The van der Waals surface area contributed by atoms with Gasteiger partial charge in [0.25, 0.3) is 11.6 Å². The van der Waals surface area contributed by atoms with Gasteiger partial charge in [-0.3, -0.25) is 14.9 Å². The third-order valence-electron chi connectivity index (χ3n) is 3.72. The van der Waals surface area contributed by atoms with Gasteiger partial charge in [0.1, 0.15) is 11.4 Å². The molecule has 0 spiro atoms. The summed E-state index contributed by atoms with van der Waals surface area (Å²) in [6.45, 7) is 0. The molecule has 3 aromatic carbocycles. The molecule has 0 fully saturated rings. The van der Waals surface area contributed by atoms with Gasteiger partial charge in [-0.25, -0.2) is 0 Å². The number of anilines is 1. The molecule has 1 N–H and O–H groups in total. The highest BCUT2D eigenvalue weighted by Crippen LogP contribution is 2.30. The van der Waals surface area contributed by atoms with Gasteiger partial charge in [-0.15, -0.1) is 0 Å². The normalized spacial score (nSPS) is 10.5. The number of amides is 1. The highest BCUT2D eigenvalue weighted by atomic mass is 35.5. The lowest BCUT2D eigenvalue weighted by Gasteiger charge is -2.11. The number of ether oxygens (including phenoxy) is 1. The molecule has 1 amide bonds. The molecule has 0 heterocycles. The molecule has 0 radical (unpaired) electrons. The number of carbonyl (C=O) groups is 1. The van der Waals surface area contributed by atoms with Crippen LogP contribution in [-0.4, -0.2) is 17.9 Å². The number of hydrogen-bond donors (Lipinski definition) is 1. The zero-order valence-corrected chi connectivity index (χ0v) is 13.9. The van der Waals surface area contributed by atoms with Gasteiger partial charge in [0.15, 0.2) is 0 Å². The third kappa shape index (κ3) is 3.39. The Morgan fingerprint density at radius 3 is 2.44 bits per heavy atom. The lowest BCUT2D eigenvalue weighted by atomic mass is 10.1. The van der Waals surface area contributed by atoms with Crippen molar-refractivity contribution in [3.05, 3.63) is 75.3 Å². The summed E-state index contributed by atoms with van der Waals surface area (Å²) >= 11 is 5.79. The van der Waals surface area contributed by atoms with E-state index in [1.165, 1.54) is 25.3 Å². The van der Waals surface area contributed by atoms with Gasteiger partial charge < -0.3 is 10.1 Å². The predicted octanol–water partition coefficient (Wildman–Crippen LogP) is 4.66. The van der Waals surface area contributed by atoms with Crippen LogP contribution in [-0.2, 0) is 0 Å². The number of nitro benzene ring substituents is 1. The first-order valence-electron chi connectivity index (χ1n) is 7.31. The minimum Gasteiger partial charge on any atom is -0.496 e. The summed E-state index contributed by atoms with van der Waals surface area (Å²) < 4.78 is 5.29. The van der Waals surface area contributed by atoms with E-state index < -0.39 is 10.8 Å². The van der Waals surface area contributed by atoms with Crippen molar-refractivity contribution in [3.8, 4) is 5.75 Å². The van der Waals surface area contributed by atoms with Gasteiger partial charge in [0.2, 0.25) is 0 Å². The van der Waals surface area contributed by atoms with Crippen LogP contribution in [0.5, 0.6) is 5.75 Å². The van der Waals surface area contributed by atoms with Gasteiger partial charge in [0.05, 0.1) is 17.6 Å². The molecular formula is C18H13ClN2O4. The Morgan fingerprint density at radius 2 is 1.80 bits per heavy atom. The van der Waals surface area contributed by atoms with Crippen molar-refractivity contribution in [2.24, 2.45) is 0 Å². The fraction of sp³-hybridized carbons (Fsp3) is 0.0556. The van der Waals surface area contributed by atoms with Gasteiger partial charge in [-0.1, -0.05) is 35.9 Å². The molecule has 0 bridgehead atoms. The van der Waals surface area contributed by atoms with Crippen molar-refractivity contribution >= 4 is 39.7 Å². The van der Waals surface area contributed by atoms with Crippen molar-refractivity contribution in [2.75, 3.05) is 12.4 Å². The molecule has 0 aromatic heterocycles. The molecule has 0 saturated heterocycles. The van der Waals surface area contributed by atoms with Crippen LogP contribution in [0.15, 0.2) is 54.6 Å². The Balaban J connectivity index is 2.02. The Hall–Kier alpha value is -3.12. The molecule has 7 heteroatoms. The van der Waals surface area contributed by atoms with E-state index in [-0.39, 0.29) is 22.0 Å². The zero-order chi connectivity index (χ0) is 18.0. The number of methoxy groups -OCH3 is 1. The van der Waals surface area contributed by atoms with E-state index >= 15 is 0 Å². The molecule has 0 atom stereocenters. The van der Waals surface area contributed by atoms with Crippen LogP contribution in [0.25, 0.3) is 10.8 Å². The molecule has 0 unspecified atom stereocenters. The number of benzene rings is 3. The van der Waals surface area contributed by atoms with Crippen molar-refractivity contribution in [2.45, 2.75) is 0 Å². The standard InChI is InChI=1S/C18H13ClN2O4/c1-25-17-9-12-5-3-2-4-11(12)8-14(17)18(22)20-15-7-6-13(19)10-16(15)21(23)24/h2-10H,1H3,(H,20,22). The summed E-state index contributed by atoms with van der Waals surface area (Å²) in [5.74, 6) is -0.124. The maximum atomic E-state index is 12.7. The van der Waals surface area contributed by atoms with Crippen LogP contribution < -0.4 is 10.1 Å². The van der Waals surface area contributed by atoms with E-state index in [0.29, 0.717) is 5.75 Å². The van der Waals surface area contributed by atoms with E-state index in [1.807, 2.05) is 24.3 Å². The van der Waals surface area contributed by atoms with Gasteiger partial charge in [-0.05, 0) is 35.0 Å². The van der Waals surface area contributed by atoms with E-state index in [9.17, 15) is 14.9 Å². The number of fused-ring (bicyclic) bond motifs is 1. The van der Waals surface area contributed by atoms with Crippen LogP contribution in [0.3, 0.4) is 0 Å². The molecule has 6 nitrogen and oxygen atoms in total. The lowest BCUT2D eigenvalue weighted by molar-refractivity contribution is -0.383. The second kappa shape index (κ2) is 6.78. The first kappa shape index (κ1) is 16.7. The summed E-state index contributed by atoms with van der Waals surface area (Å²) in [6.07, 6.45) is 0. The van der Waals surface area contributed by atoms with Crippen LogP contribution in [0, 0.1) is 10.1 Å². The molecular weight excluding hydrogens is 344 g/mol. The van der Waals surface area contributed by atoms with E-state index in [0.717, 1.165) is 10.8 Å². The van der Waals surface area contributed by atoms with Crippen molar-refractivity contribution in [3.63, 3.8) is 0 Å². The van der Waals surface area contributed by atoms with Crippen molar-refractivity contribution in [1.82, 2.24) is 0 Å². The number of rotatable bonds is 4. The minimum atomic E-state index is -0.598. The summed E-state index contributed by atoms with van der Waals surface area (Å²) in [6, 6.07) is 15.0. The Bertz CT molecular complexity index is 988. The quantitative estimate of drug-likeness (QED) is 0.544. The summed E-state index contributed by atoms with van der Waals surface area (Å²) in [4.78, 5) is 23.2. The van der Waals surface area contributed by atoms with E-state index in [1.54, 1.807) is 12.1 Å². The van der Waals surface area contributed by atoms with Gasteiger partial charge in [0, 0.05) is 11.1 Å². The van der Waals surface area contributed by atoms with E-state index in [4.69, 9.17) is 16.3 Å². The topological polar surface area (TPSA) is 81.5 Å². The third-order valence-corrected chi connectivity index (χ3v) is 3.95. The van der Waals surface area contributed by atoms with Gasteiger partial charge >= 0.3 is 0 Å². The molecule has 25 heavy (non-hydrogen) atoms. The summed E-state index contributed by atoms with van der Waals surface area (Å²) in [7, 11) is 1.46. The number of nitrogens with one attached hydrogen (secondary N) is 1. The average Bonchev–Trinajstić information content (AvgIpc) is 2.61. The molecule has 0 saturated carbocycles. The molecule has 0 aliphatic heterocycles. The SMILES string of the molecule is COc1cc2ccccc2cc1C(=O)Nc1ccc(Cl)cc1[N+](=O)[O-]. The fourth-order valence-corrected chi connectivity index (χ4v) is 2.68. The van der Waals surface area contributed by atoms with Crippen molar-refractivity contribution in [1.29, 1.82) is 0 Å². The number of hydrogen-bond acceptors (Lipinski definition) is 4. The monoisotopic (exact) mass is 356 g/mol. The van der Waals surface area contributed by atoms with Crippen molar-refractivity contribution < 1.29 is 14.5 Å². The molecule has 0 aliphatic rings. The van der Waals surface area contributed by atoms with E-state index in [2.05, 4.69) is 5.32 Å². The Kier molecular flexibility index (Phi) is 4.54. The molecule has 0 aliphatic carbocycles. The highest BCUT2D eigenvalue weighted by molar-refractivity contribution is 6.31. The van der Waals surface area contributed by atoms with Crippen LogP contribution >= 0.6 is 11.6 Å². The maximum Gasteiger partial charge on any atom is 0.294 e. The van der Waals surface area contributed by atoms with Crippen LogP contribution in [0.4, 0.5) is 11.4 Å².